The highest BCUT2D eigenvalue weighted by atomic mass is 16.1. The van der Waals surface area contributed by atoms with E-state index in [1.165, 1.54) is 10.5 Å². The molecule has 2 aromatic carbocycles. The summed E-state index contributed by atoms with van der Waals surface area (Å²) in [5.41, 5.74) is 2.82. The van der Waals surface area contributed by atoms with Gasteiger partial charge < -0.3 is 0 Å². The highest BCUT2D eigenvalue weighted by molar-refractivity contribution is 5.86. The van der Waals surface area contributed by atoms with Gasteiger partial charge in [0.1, 0.15) is 0 Å². The summed E-state index contributed by atoms with van der Waals surface area (Å²) in [6.07, 6.45) is 1.94. The van der Waals surface area contributed by atoms with E-state index in [2.05, 4.69) is 0 Å². The van der Waals surface area contributed by atoms with Crippen LogP contribution in [0.4, 0.5) is 11.4 Å². The van der Waals surface area contributed by atoms with Gasteiger partial charge in [-0.2, -0.15) is 0 Å². The van der Waals surface area contributed by atoms with Crippen LogP contribution in [0.25, 0.3) is 0 Å². The van der Waals surface area contributed by atoms with Crippen LogP contribution in [-0.2, 0) is 4.79 Å². The molecule has 0 aromatic heterocycles. The summed E-state index contributed by atoms with van der Waals surface area (Å²) < 4.78 is 0. The van der Waals surface area contributed by atoms with Crippen molar-refractivity contribution in [1.82, 2.24) is 0 Å². The number of amides is 1. The number of carbonyl (C=O) groups excluding carboxylic acids is 1. The third-order valence-corrected chi connectivity index (χ3v) is 2.40. The van der Waals surface area contributed by atoms with Gasteiger partial charge in [-0.1, -0.05) is 35.9 Å². The minimum atomic E-state index is 0.821. The van der Waals surface area contributed by atoms with Crippen molar-refractivity contribution >= 4 is 17.8 Å². The Morgan fingerprint density at radius 3 is 2.00 bits per heavy atom. The number of benzene rings is 2. The highest BCUT2D eigenvalue weighted by Gasteiger charge is 2.07. The van der Waals surface area contributed by atoms with Crippen LogP contribution in [0.15, 0.2) is 54.6 Å². The lowest BCUT2D eigenvalue weighted by molar-refractivity contribution is 0.556. The topological polar surface area (TPSA) is 20.3 Å². The van der Waals surface area contributed by atoms with Crippen LogP contribution in [0.1, 0.15) is 5.56 Å². The molecule has 0 saturated carbocycles. The van der Waals surface area contributed by atoms with E-state index in [4.69, 9.17) is 0 Å². The lowest BCUT2D eigenvalue weighted by Gasteiger charge is -2.16. The monoisotopic (exact) mass is 210 g/mol. The molecule has 1 radical (unpaired) electrons. The third kappa shape index (κ3) is 2.11. The van der Waals surface area contributed by atoms with E-state index in [9.17, 15) is 4.79 Å². The van der Waals surface area contributed by atoms with Gasteiger partial charge in [-0.25, -0.2) is 0 Å². The Balaban J connectivity index is 2.37. The van der Waals surface area contributed by atoms with E-state index in [0.29, 0.717) is 0 Å². The Bertz CT molecular complexity index is 462. The largest absolute Gasteiger partial charge is 0.321 e. The van der Waals surface area contributed by atoms with Crippen LogP contribution in [-0.4, -0.2) is 6.41 Å². The normalized spacial score (nSPS) is 9.81. The molecule has 0 aliphatic carbocycles. The van der Waals surface area contributed by atoms with Gasteiger partial charge in [0.2, 0.25) is 0 Å². The fraction of sp³-hybridized carbons (Fsp3) is 0.0714. The maximum Gasteiger partial charge on any atom is 0.321 e. The molecule has 0 fully saturated rings. The fourth-order valence-corrected chi connectivity index (χ4v) is 1.53. The molecule has 0 aliphatic heterocycles. The number of hydrogen-bond acceptors (Lipinski definition) is 1. The van der Waals surface area contributed by atoms with E-state index in [0.717, 1.165) is 11.4 Å². The lowest BCUT2D eigenvalue weighted by atomic mass is 10.2. The van der Waals surface area contributed by atoms with Crippen molar-refractivity contribution in [2.75, 3.05) is 4.90 Å². The molecule has 0 aliphatic rings. The zero-order valence-electron chi connectivity index (χ0n) is 9.05. The maximum absolute atomic E-state index is 11.0. The Morgan fingerprint density at radius 2 is 1.44 bits per heavy atom. The van der Waals surface area contributed by atoms with Gasteiger partial charge in [0, 0.05) is 11.4 Å². The van der Waals surface area contributed by atoms with Gasteiger partial charge in [0.25, 0.3) is 0 Å². The number of hydrogen-bond donors (Lipinski definition) is 0. The molecule has 0 unspecified atom stereocenters. The smallest absolute Gasteiger partial charge is 0.273 e. The van der Waals surface area contributed by atoms with Crippen molar-refractivity contribution < 1.29 is 4.79 Å². The summed E-state index contributed by atoms with van der Waals surface area (Å²) in [7, 11) is 0. The molecular weight excluding hydrogens is 198 g/mol. The standard InChI is InChI=1S/C14H12NO/c1-12-7-9-14(10-8-12)15(11-16)13-5-3-2-4-6-13/h2-10H,1H3. The molecule has 0 atom stereocenters. The van der Waals surface area contributed by atoms with Gasteiger partial charge in [-0.3, -0.25) is 9.69 Å². The summed E-state index contributed by atoms with van der Waals surface area (Å²) in [6, 6.07) is 17.2. The Labute approximate surface area is 95.1 Å². The SMILES string of the molecule is Cc1ccc(N([C]=O)c2ccccc2)cc1. The first-order valence-electron chi connectivity index (χ1n) is 5.11. The van der Waals surface area contributed by atoms with E-state index >= 15 is 0 Å². The molecule has 0 saturated heterocycles. The van der Waals surface area contributed by atoms with Crippen molar-refractivity contribution in [2.24, 2.45) is 0 Å². The van der Waals surface area contributed by atoms with Gasteiger partial charge in [0.15, 0.2) is 0 Å². The Morgan fingerprint density at radius 1 is 0.875 bits per heavy atom. The van der Waals surface area contributed by atoms with E-state index < -0.39 is 0 Å². The first kappa shape index (κ1) is 10.4. The lowest BCUT2D eigenvalue weighted by Crippen LogP contribution is -2.13. The number of nitrogens with zero attached hydrogens (tertiary/aromatic N) is 1. The number of rotatable bonds is 3. The quantitative estimate of drug-likeness (QED) is 0.712. The third-order valence-electron chi connectivity index (χ3n) is 2.40. The van der Waals surface area contributed by atoms with E-state index in [1.54, 1.807) is 0 Å². The molecule has 2 heteroatoms. The molecule has 0 N–H and O–H groups in total. The van der Waals surface area contributed by atoms with Crippen molar-refractivity contribution in [3.05, 3.63) is 60.2 Å². The predicted octanol–water partition coefficient (Wildman–Crippen LogP) is 3.20. The van der Waals surface area contributed by atoms with Crippen LogP contribution < -0.4 is 4.90 Å². The average molecular weight is 210 g/mol. The minimum absolute atomic E-state index is 0.821. The zero-order chi connectivity index (χ0) is 11.4. The summed E-state index contributed by atoms with van der Waals surface area (Å²) in [5.74, 6) is 0. The number of aryl methyl sites for hydroxylation is 1. The molecule has 79 valence electrons. The van der Waals surface area contributed by atoms with Crippen molar-refractivity contribution in [1.29, 1.82) is 0 Å². The first-order valence-corrected chi connectivity index (χ1v) is 5.11. The average Bonchev–Trinajstić information content (AvgIpc) is 2.34. The summed E-state index contributed by atoms with van der Waals surface area (Å²) in [4.78, 5) is 12.5. The molecule has 16 heavy (non-hydrogen) atoms. The zero-order valence-corrected chi connectivity index (χ0v) is 9.05. The van der Waals surface area contributed by atoms with E-state index in [1.807, 2.05) is 67.9 Å². The molecule has 2 rings (SSSR count). The molecular formula is C14H12NO. The van der Waals surface area contributed by atoms with Crippen LogP contribution >= 0.6 is 0 Å². The molecule has 1 amide bonds. The summed E-state index contributed by atoms with van der Waals surface area (Å²) in [6.45, 7) is 2.02. The summed E-state index contributed by atoms with van der Waals surface area (Å²) >= 11 is 0. The van der Waals surface area contributed by atoms with Gasteiger partial charge in [-0.15, -0.1) is 0 Å². The van der Waals surface area contributed by atoms with Crippen molar-refractivity contribution in [3.8, 4) is 0 Å². The minimum Gasteiger partial charge on any atom is -0.273 e. The van der Waals surface area contributed by atoms with Crippen LogP contribution in [0, 0.1) is 6.92 Å². The second-order valence-electron chi connectivity index (χ2n) is 3.60. The molecule has 0 heterocycles. The van der Waals surface area contributed by atoms with Gasteiger partial charge in [-0.05, 0) is 31.2 Å². The highest BCUT2D eigenvalue weighted by Crippen LogP contribution is 2.23. The number of para-hydroxylation sites is 1. The Hall–Kier alpha value is -2.09. The molecule has 2 nitrogen and oxygen atoms in total. The van der Waals surface area contributed by atoms with Gasteiger partial charge >= 0.3 is 6.41 Å². The fourth-order valence-electron chi connectivity index (χ4n) is 1.53. The summed E-state index contributed by atoms with van der Waals surface area (Å²) in [5, 5.41) is 0. The van der Waals surface area contributed by atoms with E-state index in [-0.39, 0.29) is 0 Å². The first-order chi connectivity index (χ1) is 7.81. The van der Waals surface area contributed by atoms with Gasteiger partial charge in [0.05, 0.1) is 0 Å². The van der Waals surface area contributed by atoms with Crippen molar-refractivity contribution in [2.45, 2.75) is 6.92 Å². The second-order valence-corrected chi connectivity index (χ2v) is 3.60. The molecule has 0 bridgehead atoms. The van der Waals surface area contributed by atoms with Crippen LogP contribution in [0.5, 0.6) is 0 Å². The molecule has 0 spiro atoms. The number of anilines is 2. The predicted molar refractivity (Wildman–Crippen MR) is 65.5 cm³/mol. The Kier molecular flexibility index (Phi) is 3.01. The maximum atomic E-state index is 11.0. The molecule has 2 aromatic rings. The van der Waals surface area contributed by atoms with Crippen LogP contribution in [0.2, 0.25) is 0 Å². The van der Waals surface area contributed by atoms with Crippen molar-refractivity contribution in [3.63, 3.8) is 0 Å². The second kappa shape index (κ2) is 4.62. The van der Waals surface area contributed by atoms with Crippen LogP contribution in [0.3, 0.4) is 0 Å².